The smallest absolute Gasteiger partial charge is 0.0992 e. The van der Waals surface area contributed by atoms with Crippen molar-refractivity contribution in [2.45, 2.75) is 0 Å². The first-order valence-electron chi connectivity index (χ1n) is 11.7. The molecule has 0 radical (unpaired) electrons. The summed E-state index contributed by atoms with van der Waals surface area (Å²) >= 11 is 0. The third-order valence-electron chi connectivity index (χ3n) is 6.95. The molecule has 0 saturated carbocycles. The van der Waals surface area contributed by atoms with Crippen LogP contribution in [-0.4, -0.2) is 9.13 Å². The molecule has 0 unspecified atom stereocenters. The molecule has 0 aliphatic carbocycles. The second-order valence-corrected chi connectivity index (χ2v) is 8.91. The van der Waals surface area contributed by atoms with E-state index in [1.807, 2.05) is 42.5 Å². The van der Waals surface area contributed by atoms with Crippen LogP contribution in [0.2, 0.25) is 0 Å². The van der Waals surface area contributed by atoms with Gasteiger partial charge in [-0.25, -0.2) is 0 Å². The number of hydrogen-bond donors (Lipinski definition) is 0. The monoisotopic (exact) mass is 458 g/mol. The maximum Gasteiger partial charge on any atom is 0.0992 e. The second-order valence-electron chi connectivity index (χ2n) is 8.91. The Morgan fingerprint density at radius 2 is 0.944 bits per heavy atom. The first-order chi connectivity index (χ1) is 17.8. The average Bonchev–Trinajstić information content (AvgIpc) is 3.45. The normalized spacial score (nSPS) is 11.3. The summed E-state index contributed by atoms with van der Waals surface area (Å²) in [6, 6.07) is 41.4. The topological polar surface area (TPSA) is 57.4 Å². The highest BCUT2D eigenvalue weighted by atomic mass is 15.0. The van der Waals surface area contributed by atoms with Crippen molar-refractivity contribution in [3.8, 4) is 23.5 Å². The zero-order valence-electron chi connectivity index (χ0n) is 19.2. The molecule has 0 bridgehead atoms. The first-order valence-corrected chi connectivity index (χ1v) is 11.7. The summed E-state index contributed by atoms with van der Waals surface area (Å²) < 4.78 is 4.47. The molecule has 166 valence electrons. The molecule has 36 heavy (non-hydrogen) atoms. The van der Waals surface area contributed by atoms with E-state index in [1.165, 1.54) is 10.8 Å². The van der Waals surface area contributed by atoms with Crippen LogP contribution < -0.4 is 0 Å². The minimum absolute atomic E-state index is 0.609. The third kappa shape index (κ3) is 2.79. The number of rotatable bonds is 2. The molecule has 0 amide bonds. The Morgan fingerprint density at radius 1 is 0.417 bits per heavy atom. The first kappa shape index (κ1) is 20.1. The lowest BCUT2D eigenvalue weighted by Gasteiger charge is -2.10. The molecule has 0 aliphatic rings. The fourth-order valence-electron chi connectivity index (χ4n) is 5.41. The van der Waals surface area contributed by atoms with Gasteiger partial charge in [-0.3, -0.25) is 0 Å². The zero-order chi connectivity index (χ0) is 24.2. The van der Waals surface area contributed by atoms with Gasteiger partial charge < -0.3 is 9.13 Å². The summed E-state index contributed by atoms with van der Waals surface area (Å²) in [5.74, 6) is 0. The molecule has 0 aliphatic heterocycles. The quantitative estimate of drug-likeness (QED) is 0.267. The minimum Gasteiger partial charge on any atom is -0.309 e. The molecule has 0 atom stereocenters. The van der Waals surface area contributed by atoms with Crippen molar-refractivity contribution in [3.63, 3.8) is 0 Å². The summed E-state index contributed by atoms with van der Waals surface area (Å²) in [7, 11) is 0. The van der Waals surface area contributed by atoms with E-state index in [0.29, 0.717) is 11.1 Å². The number of para-hydroxylation sites is 2. The fourth-order valence-corrected chi connectivity index (χ4v) is 5.41. The molecule has 2 heterocycles. The van der Waals surface area contributed by atoms with Gasteiger partial charge in [0, 0.05) is 32.9 Å². The zero-order valence-corrected chi connectivity index (χ0v) is 19.2. The van der Waals surface area contributed by atoms with E-state index >= 15 is 0 Å². The molecule has 0 spiro atoms. The predicted octanol–water partition coefficient (Wildman–Crippen LogP) is 7.62. The lowest BCUT2D eigenvalue weighted by molar-refractivity contribution is 1.16. The van der Waals surface area contributed by atoms with E-state index in [1.54, 1.807) is 0 Å². The number of nitrogens with zero attached hydrogens (tertiary/aromatic N) is 4. The van der Waals surface area contributed by atoms with Gasteiger partial charge in [-0.15, -0.1) is 0 Å². The SMILES string of the molecule is N#Cc1cccc(-n2c3ccc(C#N)cc3c3cc(-n4c5ccccc5c5ccccc54)ccc32)c1. The van der Waals surface area contributed by atoms with Gasteiger partial charge in [0.1, 0.15) is 0 Å². The molecule has 4 heteroatoms. The fraction of sp³-hybridized carbons (Fsp3) is 0. The molecule has 0 N–H and O–H groups in total. The van der Waals surface area contributed by atoms with Gasteiger partial charge in [0.25, 0.3) is 0 Å². The maximum atomic E-state index is 9.61. The predicted molar refractivity (Wildman–Crippen MR) is 145 cm³/mol. The molecule has 2 aromatic heterocycles. The van der Waals surface area contributed by atoms with Gasteiger partial charge in [-0.1, -0.05) is 42.5 Å². The summed E-state index contributed by atoms with van der Waals surface area (Å²) in [6.45, 7) is 0. The van der Waals surface area contributed by atoms with E-state index in [-0.39, 0.29) is 0 Å². The van der Waals surface area contributed by atoms with E-state index in [9.17, 15) is 10.5 Å². The third-order valence-corrected chi connectivity index (χ3v) is 6.95. The number of hydrogen-bond acceptors (Lipinski definition) is 2. The van der Waals surface area contributed by atoms with Crippen LogP contribution in [0.15, 0.2) is 109 Å². The minimum atomic E-state index is 0.609. The van der Waals surface area contributed by atoms with Crippen LogP contribution >= 0.6 is 0 Å². The van der Waals surface area contributed by atoms with Gasteiger partial charge in [-0.05, 0) is 66.7 Å². The van der Waals surface area contributed by atoms with Gasteiger partial charge in [0.15, 0.2) is 0 Å². The summed E-state index contributed by atoms with van der Waals surface area (Å²) in [4.78, 5) is 0. The molecular formula is C32H18N4. The van der Waals surface area contributed by atoms with Crippen LogP contribution in [0.5, 0.6) is 0 Å². The van der Waals surface area contributed by atoms with Gasteiger partial charge >= 0.3 is 0 Å². The Labute approximate surface area is 207 Å². The standard InChI is InChI=1S/C32H18N4/c33-19-21-6-5-7-23(16-21)35-31-14-12-22(20-34)17-27(31)28-18-24(13-15-32(28)35)36-29-10-3-1-8-25(29)26-9-2-4-11-30(26)36/h1-18H. The Bertz CT molecular complexity index is 2020. The van der Waals surface area contributed by atoms with E-state index < -0.39 is 0 Å². The Balaban J connectivity index is 1.59. The Hall–Kier alpha value is -5.32. The van der Waals surface area contributed by atoms with Crippen molar-refractivity contribution in [3.05, 3.63) is 120 Å². The molecule has 7 rings (SSSR count). The molecule has 4 nitrogen and oxygen atoms in total. The highest BCUT2D eigenvalue weighted by molar-refractivity contribution is 6.12. The lowest BCUT2D eigenvalue weighted by atomic mass is 10.1. The number of fused-ring (bicyclic) bond motifs is 6. The largest absolute Gasteiger partial charge is 0.309 e. The van der Waals surface area contributed by atoms with E-state index in [2.05, 4.69) is 88.0 Å². The van der Waals surface area contributed by atoms with Crippen LogP contribution in [0, 0.1) is 22.7 Å². The van der Waals surface area contributed by atoms with Crippen LogP contribution in [0.25, 0.3) is 55.0 Å². The van der Waals surface area contributed by atoms with Crippen molar-refractivity contribution in [2.24, 2.45) is 0 Å². The molecule has 0 saturated heterocycles. The van der Waals surface area contributed by atoms with Crippen molar-refractivity contribution in [1.29, 1.82) is 10.5 Å². The highest BCUT2D eigenvalue weighted by Gasteiger charge is 2.16. The van der Waals surface area contributed by atoms with Gasteiger partial charge in [0.2, 0.25) is 0 Å². The average molecular weight is 459 g/mol. The van der Waals surface area contributed by atoms with Gasteiger partial charge in [0.05, 0.1) is 45.3 Å². The van der Waals surface area contributed by atoms with Crippen molar-refractivity contribution in [2.75, 3.05) is 0 Å². The number of aromatic nitrogens is 2. The Kier molecular flexibility index (Phi) is 4.24. The Morgan fingerprint density at radius 3 is 1.61 bits per heavy atom. The molecule has 5 aromatic carbocycles. The van der Waals surface area contributed by atoms with E-state index in [0.717, 1.165) is 44.2 Å². The van der Waals surface area contributed by atoms with Crippen LogP contribution in [0.3, 0.4) is 0 Å². The van der Waals surface area contributed by atoms with Crippen LogP contribution in [-0.2, 0) is 0 Å². The van der Waals surface area contributed by atoms with Crippen LogP contribution in [0.4, 0.5) is 0 Å². The number of benzene rings is 5. The maximum absolute atomic E-state index is 9.61. The molecule has 0 fully saturated rings. The molecule has 7 aromatic rings. The van der Waals surface area contributed by atoms with Gasteiger partial charge in [-0.2, -0.15) is 10.5 Å². The van der Waals surface area contributed by atoms with Crippen molar-refractivity contribution in [1.82, 2.24) is 9.13 Å². The highest BCUT2D eigenvalue weighted by Crippen LogP contribution is 2.37. The summed E-state index contributed by atoms with van der Waals surface area (Å²) in [6.07, 6.45) is 0. The van der Waals surface area contributed by atoms with Crippen molar-refractivity contribution < 1.29 is 0 Å². The van der Waals surface area contributed by atoms with E-state index in [4.69, 9.17) is 0 Å². The van der Waals surface area contributed by atoms with Crippen LogP contribution in [0.1, 0.15) is 11.1 Å². The molecular weight excluding hydrogens is 440 g/mol. The van der Waals surface area contributed by atoms with Crippen molar-refractivity contribution >= 4 is 43.6 Å². The summed E-state index contributed by atoms with van der Waals surface area (Å²) in [5.41, 5.74) is 7.55. The lowest BCUT2D eigenvalue weighted by Crippen LogP contribution is -1.96. The number of nitriles is 2. The second kappa shape index (κ2) is 7.60. The summed E-state index contributed by atoms with van der Waals surface area (Å²) in [5, 5.41) is 23.6.